The lowest BCUT2D eigenvalue weighted by Crippen LogP contribution is -2.00. The summed E-state index contributed by atoms with van der Waals surface area (Å²) in [5.41, 5.74) is 1.94. The molecule has 0 aliphatic heterocycles. The van der Waals surface area contributed by atoms with Crippen LogP contribution in [0.15, 0.2) is 30.6 Å². The van der Waals surface area contributed by atoms with Crippen molar-refractivity contribution in [2.45, 2.75) is 13.3 Å². The van der Waals surface area contributed by atoms with E-state index < -0.39 is 0 Å². The highest BCUT2D eigenvalue weighted by Gasteiger charge is 2.07. The van der Waals surface area contributed by atoms with Crippen molar-refractivity contribution in [1.29, 1.82) is 0 Å². The van der Waals surface area contributed by atoms with E-state index in [9.17, 15) is 0 Å². The van der Waals surface area contributed by atoms with Crippen LogP contribution in [0.3, 0.4) is 0 Å². The molecule has 2 rings (SSSR count). The molecule has 1 aromatic carbocycles. The summed E-state index contributed by atoms with van der Waals surface area (Å²) in [7, 11) is 0. The van der Waals surface area contributed by atoms with Gasteiger partial charge >= 0.3 is 0 Å². The molecule has 0 atom stereocenters. The molecule has 0 aliphatic rings. The van der Waals surface area contributed by atoms with E-state index >= 15 is 0 Å². The van der Waals surface area contributed by atoms with Crippen molar-refractivity contribution in [1.82, 2.24) is 9.97 Å². The number of aromatic nitrogens is 2. The highest BCUT2D eigenvalue weighted by molar-refractivity contribution is 14.1. The van der Waals surface area contributed by atoms with Gasteiger partial charge in [0, 0.05) is 14.8 Å². The Bertz CT molecular complexity index is 531. The molecule has 0 amide bonds. The first kappa shape index (κ1) is 12.6. The Morgan fingerprint density at radius 1 is 1.35 bits per heavy atom. The third-order valence-corrected chi connectivity index (χ3v) is 3.33. The van der Waals surface area contributed by atoms with E-state index in [1.807, 2.05) is 25.1 Å². The Hall–Kier alpha value is -0.880. The first-order valence-corrected chi connectivity index (χ1v) is 6.68. The molecule has 2 aromatic rings. The van der Waals surface area contributed by atoms with Gasteiger partial charge in [-0.3, -0.25) is 0 Å². The van der Waals surface area contributed by atoms with Crippen molar-refractivity contribution in [3.8, 4) is 0 Å². The van der Waals surface area contributed by atoms with Crippen molar-refractivity contribution < 1.29 is 0 Å². The number of anilines is 2. The maximum absolute atomic E-state index is 6.03. The molecule has 1 aromatic heterocycles. The fourth-order valence-corrected chi connectivity index (χ4v) is 2.32. The minimum atomic E-state index is 0.510. The number of nitrogens with one attached hydrogen (secondary N) is 1. The van der Waals surface area contributed by atoms with Gasteiger partial charge in [0.2, 0.25) is 0 Å². The molecule has 0 bridgehead atoms. The predicted octanol–water partition coefficient (Wildman–Crippen LogP) is 4.04. The molecule has 3 nitrogen and oxygen atoms in total. The first-order chi connectivity index (χ1) is 8.20. The average Bonchev–Trinajstić information content (AvgIpc) is 2.29. The number of hydrogen-bond acceptors (Lipinski definition) is 3. The van der Waals surface area contributed by atoms with E-state index in [2.05, 4.69) is 43.9 Å². The topological polar surface area (TPSA) is 37.8 Å². The van der Waals surface area contributed by atoms with Crippen molar-refractivity contribution in [2.24, 2.45) is 0 Å². The van der Waals surface area contributed by atoms with Crippen LogP contribution in [0.25, 0.3) is 0 Å². The molecule has 17 heavy (non-hydrogen) atoms. The Balaban J connectivity index is 2.33. The van der Waals surface area contributed by atoms with Crippen molar-refractivity contribution >= 4 is 45.7 Å². The lowest BCUT2D eigenvalue weighted by Gasteiger charge is -2.10. The van der Waals surface area contributed by atoms with Crippen LogP contribution in [0.5, 0.6) is 0 Å². The second-order valence-corrected chi connectivity index (χ2v) is 5.08. The van der Waals surface area contributed by atoms with Crippen LogP contribution in [0.2, 0.25) is 5.15 Å². The molecule has 88 valence electrons. The monoisotopic (exact) mass is 359 g/mol. The molecule has 1 heterocycles. The summed E-state index contributed by atoms with van der Waals surface area (Å²) < 4.78 is 1.17. The molecule has 1 N–H and O–H groups in total. The number of halogens is 2. The largest absolute Gasteiger partial charge is 0.340 e. The summed E-state index contributed by atoms with van der Waals surface area (Å²) in [6, 6.07) is 8.09. The quantitative estimate of drug-likeness (QED) is 0.664. The summed E-state index contributed by atoms with van der Waals surface area (Å²) in [5, 5.41) is 3.77. The Morgan fingerprint density at radius 3 is 2.88 bits per heavy atom. The molecule has 5 heteroatoms. The van der Waals surface area contributed by atoms with Gasteiger partial charge in [-0.15, -0.1) is 0 Å². The van der Waals surface area contributed by atoms with Gasteiger partial charge in [-0.25, -0.2) is 9.97 Å². The maximum Gasteiger partial charge on any atom is 0.138 e. The summed E-state index contributed by atoms with van der Waals surface area (Å²) in [4.78, 5) is 8.21. The molecular weight excluding hydrogens is 349 g/mol. The van der Waals surface area contributed by atoms with Gasteiger partial charge < -0.3 is 5.32 Å². The zero-order valence-corrected chi connectivity index (χ0v) is 12.2. The predicted molar refractivity (Wildman–Crippen MR) is 78.9 cm³/mol. The number of benzene rings is 1. The third-order valence-electron chi connectivity index (χ3n) is 2.33. The summed E-state index contributed by atoms with van der Waals surface area (Å²) in [5.74, 6) is 0.773. The van der Waals surface area contributed by atoms with Crippen LogP contribution in [0, 0.1) is 3.57 Å². The fourth-order valence-electron chi connectivity index (χ4n) is 1.51. The van der Waals surface area contributed by atoms with E-state index in [-0.39, 0.29) is 0 Å². The van der Waals surface area contributed by atoms with E-state index in [1.54, 1.807) is 0 Å². The highest BCUT2D eigenvalue weighted by Crippen LogP contribution is 2.24. The second-order valence-electron chi connectivity index (χ2n) is 3.48. The van der Waals surface area contributed by atoms with Crippen LogP contribution in [-0.4, -0.2) is 9.97 Å². The standard InChI is InChI=1S/C12H11ClIN3/c1-2-10-11(13)15-7-16-12(10)17-9-5-3-4-8(14)6-9/h3-7H,2H2,1H3,(H,15,16,17). The molecule has 0 unspecified atom stereocenters. The third kappa shape index (κ3) is 3.07. The second kappa shape index (κ2) is 5.64. The number of hydrogen-bond donors (Lipinski definition) is 1. The molecule has 0 spiro atoms. The molecule has 0 fully saturated rings. The molecule has 0 radical (unpaired) electrons. The minimum absolute atomic E-state index is 0.510. The van der Waals surface area contributed by atoms with Gasteiger partial charge in [0.25, 0.3) is 0 Å². The normalized spacial score (nSPS) is 10.3. The summed E-state index contributed by atoms with van der Waals surface area (Å²) in [6.45, 7) is 2.03. The van der Waals surface area contributed by atoms with Gasteiger partial charge in [0.15, 0.2) is 0 Å². The van der Waals surface area contributed by atoms with Crippen LogP contribution in [0.4, 0.5) is 11.5 Å². The zero-order chi connectivity index (χ0) is 12.3. The first-order valence-electron chi connectivity index (χ1n) is 5.22. The van der Waals surface area contributed by atoms with Crippen LogP contribution < -0.4 is 5.32 Å². The van der Waals surface area contributed by atoms with Crippen LogP contribution >= 0.6 is 34.2 Å². The molecule has 0 aliphatic carbocycles. The smallest absolute Gasteiger partial charge is 0.138 e. The van der Waals surface area contributed by atoms with Gasteiger partial charge in [-0.2, -0.15) is 0 Å². The maximum atomic E-state index is 6.03. The van der Waals surface area contributed by atoms with E-state index in [0.717, 1.165) is 23.5 Å². The van der Waals surface area contributed by atoms with E-state index in [4.69, 9.17) is 11.6 Å². The highest BCUT2D eigenvalue weighted by atomic mass is 127. The van der Waals surface area contributed by atoms with Crippen molar-refractivity contribution in [2.75, 3.05) is 5.32 Å². The van der Waals surface area contributed by atoms with Crippen molar-refractivity contribution in [3.63, 3.8) is 0 Å². The number of rotatable bonds is 3. The van der Waals surface area contributed by atoms with Crippen LogP contribution in [-0.2, 0) is 6.42 Å². The van der Waals surface area contributed by atoms with E-state index in [0.29, 0.717) is 5.15 Å². The number of nitrogens with zero attached hydrogens (tertiary/aromatic N) is 2. The van der Waals surface area contributed by atoms with Crippen LogP contribution in [0.1, 0.15) is 12.5 Å². The van der Waals surface area contributed by atoms with E-state index in [1.165, 1.54) is 9.90 Å². The lowest BCUT2D eigenvalue weighted by atomic mass is 10.2. The van der Waals surface area contributed by atoms with Gasteiger partial charge in [-0.1, -0.05) is 24.6 Å². The minimum Gasteiger partial charge on any atom is -0.340 e. The van der Waals surface area contributed by atoms with Gasteiger partial charge in [0.05, 0.1) is 0 Å². The van der Waals surface area contributed by atoms with Gasteiger partial charge in [-0.05, 0) is 47.2 Å². The SMILES string of the molecule is CCc1c(Cl)ncnc1Nc1cccc(I)c1. The summed E-state index contributed by atoms with van der Waals surface area (Å²) in [6.07, 6.45) is 2.27. The van der Waals surface area contributed by atoms with Gasteiger partial charge in [0.1, 0.15) is 17.3 Å². The average molecular weight is 360 g/mol. The lowest BCUT2D eigenvalue weighted by molar-refractivity contribution is 1.05. The Kier molecular flexibility index (Phi) is 4.17. The molecule has 0 saturated heterocycles. The summed E-state index contributed by atoms with van der Waals surface area (Å²) >= 11 is 8.31. The zero-order valence-electron chi connectivity index (χ0n) is 9.24. The molecular formula is C12H11ClIN3. The Morgan fingerprint density at radius 2 is 2.18 bits per heavy atom. The molecule has 0 saturated carbocycles. The van der Waals surface area contributed by atoms with Crippen molar-refractivity contribution in [3.05, 3.63) is 44.9 Å². The Labute approximate surface area is 119 Å². The fraction of sp³-hybridized carbons (Fsp3) is 0.167.